The maximum absolute atomic E-state index is 12.0. The van der Waals surface area contributed by atoms with E-state index in [9.17, 15) is 4.79 Å². The summed E-state index contributed by atoms with van der Waals surface area (Å²) in [5.74, 6) is 0.257. The van der Waals surface area contributed by atoms with Crippen molar-refractivity contribution < 1.29 is 9.53 Å². The van der Waals surface area contributed by atoms with Gasteiger partial charge in [0.25, 0.3) is 0 Å². The average molecular weight is 288 g/mol. The van der Waals surface area contributed by atoms with Gasteiger partial charge in [-0.25, -0.2) is 0 Å². The molecule has 0 bridgehead atoms. The Morgan fingerprint density at radius 2 is 1.86 bits per heavy atom. The molecule has 0 saturated carbocycles. The van der Waals surface area contributed by atoms with E-state index in [0.29, 0.717) is 12.5 Å². The first kappa shape index (κ1) is 14.4. The molecule has 0 spiro atoms. The molecule has 3 rings (SSSR count). The molecule has 0 N–H and O–H groups in total. The standard InChI is InChI=1S/C17H24N2O2/c1-21-13-16-5-4-12-18(16)14-7-9-15(10-8-14)19-11-3-2-6-17(19)20/h7-10,16H,2-6,11-13H2,1H3. The number of nitrogens with zero attached hydrogens (tertiary/aromatic N) is 2. The monoisotopic (exact) mass is 288 g/mol. The molecule has 0 aliphatic carbocycles. The van der Waals surface area contributed by atoms with E-state index in [2.05, 4.69) is 29.2 Å². The number of hydrogen-bond acceptors (Lipinski definition) is 3. The predicted octanol–water partition coefficient (Wildman–Crippen LogP) is 2.82. The highest BCUT2D eigenvalue weighted by Crippen LogP contribution is 2.29. The van der Waals surface area contributed by atoms with E-state index in [-0.39, 0.29) is 5.91 Å². The number of anilines is 2. The van der Waals surface area contributed by atoms with Gasteiger partial charge >= 0.3 is 0 Å². The SMILES string of the molecule is COCC1CCCN1c1ccc(N2CCCCC2=O)cc1. The normalized spacial score (nSPS) is 22.9. The minimum absolute atomic E-state index is 0.257. The Bertz CT molecular complexity index is 486. The molecule has 4 heteroatoms. The summed E-state index contributed by atoms with van der Waals surface area (Å²) >= 11 is 0. The van der Waals surface area contributed by atoms with Crippen molar-refractivity contribution in [1.29, 1.82) is 0 Å². The lowest BCUT2D eigenvalue weighted by Gasteiger charge is -2.29. The quantitative estimate of drug-likeness (QED) is 0.854. The zero-order chi connectivity index (χ0) is 14.7. The van der Waals surface area contributed by atoms with Crippen LogP contribution in [0.3, 0.4) is 0 Å². The molecule has 2 aliphatic rings. The van der Waals surface area contributed by atoms with Gasteiger partial charge in [-0.15, -0.1) is 0 Å². The summed E-state index contributed by atoms with van der Waals surface area (Å²) < 4.78 is 5.32. The van der Waals surface area contributed by atoms with Gasteiger partial charge in [-0.2, -0.15) is 0 Å². The van der Waals surface area contributed by atoms with Gasteiger partial charge in [-0.3, -0.25) is 4.79 Å². The van der Waals surface area contributed by atoms with Gasteiger partial charge in [0.2, 0.25) is 5.91 Å². The maximum Gasteiger partial charge on any atom is 0.226 e. The first-order chi connectivity index (χ1) is 10.3. The van der Waals surface area contributed by atoms with E-state index in [0.717, 1.165) is 38.2 Å². The molecule has 2 fully saturated rings. The van der Waals surface area contributed by atoms with E-state index < -0.39 is 0 Å². The second kappa shape index (κ2) is 6.48. The van der Waals surface area contributed by atoms with Crippen molar-refractivity contribution in [3.63, 3.8) is 0 Å². The van der Waals surface area contributed by atoms with Crippen molar-refractivity contribution in [2.24, 2.45) is 0 Å². The van der Waals surface area contributed by atoms with E-state index >= 15 is 0 Å². The van der Waals surface area contributed by atoms with Crippen LogP contribution in [0.4, 0.5) is 11.4 Å². The lowest BCUT2D eigenvalue weighted by molar-refractivity contribution is -0.119. The van der Waals surface area contributed by atoms with Crippen LogP contribution < -0.4 is 9.80 Å². The second-order valence-corrected chi connectivity index (χ2v) is 5.96. The highest BCUT2D eigenvalue weighted by Gasteiger charge is 2.25. The number of carbonyl (C=O) groups excluding carboxylic acids is 1. The highest BCUT2D eigenvalue weighted by atomic mass is 16.5. The predicted molar refractivity (Wildman–Crippen MR) is 84.9 cm³/mol. The van der Waals surface area contributed by atoms with Gasteiger partial charge in [0, 0.05) is 38.0 Å². The number of hydrogen-bond donors (Lipinski definition) is 0. The molecule has 4 nitrogen and oxygen atoms in total. The topological polar surface area (TPSA) is 32.8 Å². The Morgan fingerprint density at radius 3 is 2.57 bits per heavy atom. The van der Waals surface area contributed by atoms with Gasteiger partial charge in [-0.05, 0) is 49.9 Å². The summed E-state index contributed by atoms with van der Waals surface area (Å²) in [6.45, 7) is 2.73. The van der Waals surface area contributed by atoms with E-state index in [1.807, 2.05) is 4.90 Å². The third-order valence-corrected chi connectivity index (χ3v) is 4.55. The molecule has 2 saturated heterocycles. The van der Waals surface area contributed by atoms with Gasteiger partial charge in [-0.1, -0.05) is 0 Å². The van der Waals surface area contributed by atoms with Crippen LogP contribution in [0.15, 0.2) is 24.3 Å². The minimum atomic E-state index is 0.257. The molecule has 1 aromatic carbocycles. The summed E-state index contributed by atoms with van der Waals surface area (Å²) in [4.78, 5) is 16.3. The number of ether oxygens (including phenoxy) is 1. The first-order valence-corrected chi connectivity index (χ1v) is 7.95. The van der Waals surface area contributed by atoms with Crippen LogP contribution >= 0.6 is 0 Å². The number of carbonyl (C=O) groups is 1. The minimum Gasteiger partial charge on any atom is -0.383 e. The van der Waals surface area contributed by atoms with Crippen LogP contribution in [0.25, 0.3) is 0 Å². The van der Waals surface area contributed by atoms with Crippen LogP contribution in [0.5, 0.6) is 0 Å². The summed E-state index contributed by atoms with van der Waals surface area (Å²) in [5.41, 5.74) is 2.27. The van der Waals surface area contributed by atoms with Crippen LogP contribution in [0.2, 0.25) is 0 Å². The molecule has 2 heterocycles. The molecule has 0 radical (unpaired) electrons. The van der Waals surface area contributed by atoms with Gasteiger partial charge < -0.3 is 14.5 Å². The summed E-state index contributed by atoms with van der Waals surface area (Å²) in [7, 11) is 1.77. The van der Waals surface area contributed by atoms with E-state index in [4.69, 9.17) is 4.74 Å². The van der Waals surface area contributed by atoms with Crippen molar-refractivity contribution in [3.8, 4) is 0 Å². The number of rotatable bonds is 4. The fourth-order valence-electron chi connectivity index (χ4n) is 3.44. The lowest BCUT2D eigenvalue weighted by atomic mass is 10.1. The zero-order valence-electron chi connectivity index (χ0n) is 12.8. The molecule has 21 heavy (non-hydrogen) atoms. The molecule has 1 aromatic rings. The first-order valence-electron chi connectivity index (χ1n) is 7.95. The molecule has 1 amide bonds. The van der Waals surface area contributed by atoms with Crippen molar-refractivity contribution >= 4 is 17.3 Å². The van der Waals surface area contributed by atoms with Gasteiger partial charge in [0.05, 0.1) is 12.6 Å². The van der Waals surface area contributed by atoms with Gasteiger partial charge in [0.1, 0.15) is 0 Å². The van der Waals surface area contributed by atoms with Crippen molar-refractivity contribution in [1.82, 2.24) is 0 Å². The van der Waals surface area contributed by atoms with Crippen LogP contribution in [-0.2, 0) is 9.53 Å². The van der Waals surface area contributed by atoms with Crippen LogP contribution in [0, 0.1) is 0 Å². The Kier molecular flexibility index (Phi) is 4.44. The third kappa shape index (κ3) is 3.05. The third-order valence-electron chi connectivity index (χ3n) is 4.55. The molecular weight excluding hydrogens is 264 g/mol. The number of methoxy groups -OCH3 is 1. The Labute approximate surface area is 126 Å². The van der Waals surface area contributed by atoms with Crippen molar-refractivity contribution in [3.05, 3.63) is 24.3 Å². The Morgan fingerprint density at radius 1 is 1.10 bits per heavy atom. The Balaban J connectivity index is 1.73. The van der Waals surface area contributed by atoms with Crippen molar-refractivity contribution in [2.75, 3.05) is 36.6 Å². The number of benzene rings is 1. The van der Waals surface area contributed by atoms with Gasteiger partial charge in [0.15, 0.2) is 0 Å². The Hall–Kier alpha value is -1.55. The molecule has 0 aromatic heterocycles. The van der Waals surface area contributed by atoms with Crippen LogP contribution in [-0.4, -0.2) is 38.8 Å². The zero-order valence-corrected chi connectivity index (χ0v) is 12.8. The summed E-state index contributed by atoms with van der Waals surface area (Å²) in [6, 6.07) is 8.94. The smallest absolute Gasteiger partial charge is 0.226 e. The number of piperidine rings is 1. The second-order valence-electron chi connectivity index (χ2n) is 5.96. The molecule has 2 aliphatic heterocycles. The summed E-state index contributed by atoms with van der Waals surface area (Å²) in [5, 5.41) is 0. The van der Waals surface area contributed by atoms with Crippen molar-refractivity contribution in [2.45, 2.75) is 38.1 Å². The summed E-state index contributed by atoms with van der Waals surface area (Å²) in [6.07, 6.45) is 5.24. The van der Waals surface area contributed by atoms with E-state index in [1.165, 1.54) is 18.5 Å². The fraction of sp³-hybridized carbons (Fsp3) is 0.588. The maximum atomic E-state index is 12.0. The largest absolute Gasteiger partial charge is 0.383 e. The lowest BCUT2D eigenvalue weighted by Crippen LogP contribution is -2.35. The molecular formula is C17H24N2O2. The molecule has 1 unspecified atom stereocenters. The fourth-order valence-corrected chi connectivity index (χ4v) is 3.44. The molecule has 114 valence electrons. The highest BCUT2D eigenvalue weighted by molar-refractivity contribution is 5.94. The average Bonchev–Trinajstić information content (AvgIpc) is 2.97. The van der Waals surface area contributed by atoms with E-state index in [1.54, 1.807) is 7.11 Å². The van der Waals surface area contributed by atoms with Crippen LogP contribution in [0.1, 0.15) is 32.1 Å². The number of amides is 1. The molecule has 1 atom stereocenters.